The summed E-state index contributed by atoms with van der Waals surface area (Å²) < 4.78 is 0. The molecule has 3 aliphatic carbocycles. The van der Waals surface area contributed by atoms with Gasteiger partial charge in [-0.1, -0.05) is 158 Å². The molecule has 0 amide bonds. The Morgan fingerprint density at radius 2 is 0.955 bits per heavy atom. The molecule has 0 radical (unpaired) electrons. The monoisotopic (exact) mass is 883 g/mol. The lowest BCUT2D eigenvalue weighted by Crippen LogP contribution is -2.61. The molecule has 6 aromatic rings. The van der Waals surface area contributed by atoms with Crippen molar-refractivity contribution in [3.05, 3.63) is 158 Å². The maximum atomic E-state index is 2.73. The third-order valence-corrected chi connectivity index (χ3v) is 18.3. The normalized spacial score (nSPS) is 20.4. The Bertz CT molecular complexity index is 3100. The van der Waals surface area contributed by atoms with E-state index in [1.807, 2.05) is 0 Å². The lowest BCUT2D eigenvalue weighted by Gasteiger charge is -2.47. The molecular formula is C64H75BN2. The van der Waals surface area contributed by atoms with Crippen molar-refractivity contribution in [2.24, 2.45) is 0 Å². The van der Waals surface area contributed by atoms with Crippen LogP contribution >= 0.6 is 0 Å². The lowest BCUT2D eigenvalue weighted by molar-refractivity contribution is 0.330. The van der Waals surface area contributed by atoms with Crippen LogP contribution < -0.4 is 26.2 Å². The highest BCUT2D eigenvalue weighted by atomic mass is 15.2. The third-order valence-electron chi connectivity index (χ3n) is 18.3. The van der Waals surface area contributed by atoms with E-state index in [2.05, 4.69) is 225 Å². The van der Waals surface area contributed by atoms with Crippen LogP contribution in [0.15, 0.2) is 97.1 Å². The summed E-state index contributed by atoms with van der Waals surface area (Å²) in [6.45, 7) is 41.7. The molecule has 0 saturated carbocycles. The summed E-state index contributed by atoms with van der Waals surface area (Å²) >= 11 is 0. The molecule has 0 bridgehead atoms. The van der Waals surface area contributed by atoms with Crippen molar-refractivity contribution in [2.45, 2.75) is 181 Å². The molecule has 0 unspecified atom stereocenters. The average Bonchev–Trinajstić information content (AvgIpc) is 3.54. The van der Waals surface area contributed by atoms with Gasteiger partial charge in [-0.2, -0.15) is 0 Å². The van der Waals surface area contributed by atoms with Crippen LogP contribution in [0.5, 0.6) is 0 Å². The molecule has 0 atom stereocenters. The highest BCUT2D eigenvalue weighted by Gasteiger charge is 2.50. The van der Waals surface area contributed by atoms with Gasteiger partial charge in [-0.15, -0.1) is 0 Å². The topological polar surface area (TPSA) is 6.48 Å². The predicted molar refractivity (Wildman–Crippen MR) is 290 cm³/mol. The number of nitrogens with zero attached hydrogens (tertiary/aromatic N) is 2. The number of fused-ring (bicyclic) bond motifs is 7. The Hall–Kier alpha value is -5.02. The van der Waals surface area contributed by atoms with Gasteiger partial charge in [0.2, 0.25) is 0 Å². The highest BCUT2D eigenvalue weighted by molar-refractivity contribution is 7.00. The van der Waals surface area contributed by atoms with Crippen molar-refractivity contribution in [1.82, 2.24) is 0 Å². The van der Waals surface area contributed by atoms with Crippen molar-refractivity contribution in [3.8, 4) is 0 Å². The number of benzene rings is 6. The van der Waals surface area contributed by atoms with Crippen molar-refractivity contribution < 1.29 is 0 Å². The molecule has 0 aromatic heterocycles. The molecule has 2 aliphatic heterocycles. The summed E-state index contributed by atoms with van der Waals surface area (Å²) in [6.07, 6.45) is 4.67. The van der Waals surface area contributed by atoms with E-state index >= 15 is 0 Å². The van der Waals surface area contributed by atoms with Crippen LogP contribution in [0.4, 0.5) is 34.1 Å². The Kier molecular flexibility index (Phi) is 9.18. The van der Waals surface area contributed by atoms with E-state index in [9.17, 15) is 0 Å². The zero-order valence-corrected chi connectivity index (χ0v) is 44.0. The SMILES string of the molecule is Cc1cc2c3c(c1)N(c1ccc4c(c1C)C(C)(C)CCC4(C)C)c1cc(C(C)(C)c4ccccc4)ccc1B3c1cc3c(cc1N2c1cc2c(cc1C)C(C)(C)CC2(C)C)C(C)(C)CC3(C)C. The zero-order valence-electron chi connectivity index (χ0n) is 44.0. The minimum Gasteiger partial charge on any atom is -0.311 e. The van der Waals surface area contributed by atoms with Crippen molar-refractivity contribution >= 4 is 57.2 Å². The standard InChI is InChI=1S/C64H75BN2/c1-38-29-54-57-55(30-38)67(51-34-46-44(31-39(51)2)60(8,9)36-62(46,12)13)53-35-47-45(61(10,11)37-63(47,14)15)33-49(53)65(57)48-25-23-42(64(16,17)41-21-19-18-20-22-41)32-52(48)66(54)50-26-24-43-56(40(50)3)59(6,7)28-27-58(43,4)5/h18-26,29-35H,27-28,36-37H2,1-17H3. The second-order valence-electron chi connectivity index (χ2n) is 26.5. The fourth-order valence-corrected chi connectivity index (χ4v) is 15.1. The predicted octanol–water partition coefficient (Wildman–Crippen LogP) is 15.3. The van der Waals surface area contributed by atoms with Gasteiger partial charge in [0.25, 0.3) is 6.71 Å². The molecule has 6 aromatic carbocycles. The van der Waals surface area contributed by atoms with Gasteiger partial charge in [0, 0.05) is 39.5 Å². The fourth-order valence-electron chi connectivity index (χ4n) is 15.1. The molecule has 0 N–H and O–H groups in total. The summed E-state index contributed by atoms with van der Waals surface area (Å²) in [5.41, 5.74) is 28.3. The molecule has 344 valence electrons. The van der Waals surface area contributed by atoms with Crippen LogP contribution in [0.1, 0.15) is 184 Å². The van der Waals surface area contributed by atoms with Crippen molar-refractivity contribution in [1.29, 1.82) is 0 Å². The summed E-state index contributed by atoms with van der Waals surface area (Å²) in [5.74, 6) is 0. The maximum absolute atomic E-state index is 2.73. The van der Waals surface area contributed by atoms with Gasteiger partial charge in [-0.3, -0.25) is 0 Å². The van der Waals surface area contributed by atoms with Crippen LogP contribution in [-0.4, -0.2) is 6.71 Å². The lowest BCUT2D eigenvalue weighted by atomic mass is 9.33. The van der Waals surface area contributed by atoms with E-state index in [0.29, 0.717) is 0 Å². The van der Waals surface area contributed by atoms with Gasteiger partial charge in [0.15, 0.2) is 0 Å². The average molecular weight is 883 g/mol. The Morgan fingerprint density at radius 1 is 0.433 bits per heavy atom. The molecule has 67 heavy (non-hydrogen) atoms. The number of aryl methyl sites for hydroxylation is 2. The quantitative estimate of drug-likeness (QED) is 0.163. The third kappa shape index (κ3) is 6.27. The summed E-state index contributed by atoms with van der Waals surface area (Å²) in [5, 5.41) is 0. The van der Waals surface area contributed by atoms with Gasteiger partial charge in [-0.05, 0) is 193 Å². The molecule has 0 fully saturated rings. The first-order chi connectivity index (χ1) is 31.2. The highest BCUT2D eigenvalue weighted by Crippen LogP contribution is 2.57. The number of hydrogen-bond acceptors (Lipinski definition) is 2. The molecule has 0 saturated heterocycles. The number of hydrogen-bond donors (Lipinski definition) is 0. The molecule has 2 heterocycles. The maximum Gasteiger partial charge on any atom is 0.252 e. The van der Waals surface area contributed by atoms with Crippen LogP contribution in [0, 0.1) is 20.8 Å². The van der Waals surface area contributed by atoms with Gasteiger partial charge in [0.1, 0.15) is 0 Å². The molecule has 0 spiro atoms. The first-order valence-electron chi connectivity index (χ1n) is 25.6. The van der Waals surface area contributed by atoms with E-state index in [-0.39, 0.29) is 44.6 Å². The first-order valence-corrected chi connectivity index (χ1v) is 25.6. The minimum absolute atomic E-state index is 0.0558. The van der Waals surface area contributed by atoms with E-state index < -0.39 is 0 Å². The molecule has 11 rings (SSSR count). The van der Waals surface area contributed by atoms with Crippen molar-refractivity contribution in [3.63, 3.8) is 0 Å². The number of rotatable bonds is 4. The van der Waals surface area contributed by atoms with E-state index in [4.69, 9.17) is 0 Å². The fraction of sp³-hybridized carbons (Fsp3) is 0.438. The molecule has 2 nitrogen and oxygen atoms in total. The molecule has 5 aliphatic rings. The Morgan fingerprint density at radius 3 is 1.57 bits per heavy atom. The number of anilines is 6. The second kappa shape index (κ2) is 13.8. The summed E-state index contributed by atoms with van der Waals surface area (Å²) in [4.78, 5) is 5.46. The van der Waals surface area contributed by atoms with Crippen molar-refractivity contribution in [2.75, 3.05) is 9.80 Å². The van der Waals surface area contributed by atoms with Gasteiger partial charge >= 0.3 is 0 Å². The minimum atomic E-state index is -0.206. The smallest absolute Gasteiger partial charge is 0.252 e. The first kappa shape index (κ1) is 44.5. The van der Waals surface area contributed by atoms with Gasteiger partial charge < -0.3 is 9.80 Å². The van der Waals surface area contributed by atoms with Crippen LogP contribution in [-0.2, 0) is 37.9 Å². The Balaban J connectivity index is 1.26. The van der Waals surface area contributed by atoms with E-state index in [1.54, 1.807) is 5.56 Å². The van der Waals surface area contributed by atoms with Crippen LogP contribution in [0.3, 0.4) is 0 Å². The second-order valence-corrected chi connectivity index (χ2v) is 26.5. The van der Waals surface area contributed by atoms with Gasteiger partial charge in [-0.25, -0.2) is 0 Å². The van der Waals surface area contributed by atoms with E-state index in [0.717, 1.165) is 12.8 Å². The zero-order chi connectivity index (χ0) is 47.9. The summed E-state index contributed by atoms with van der Waals surface area (Å²) in [6, 6.07) is 39.3. The Labute approximate surface area is 404 Å². The van der Waals surface area contributed by atoms with Gasteiger partial charge in [0.05, 0.1) is 0 Å². The van der Waals surface area contributed by atoms with E-state index in [1.165, 1.54) is 119 Å². The molecule has 3 heteroatoms. The molecular weight excluding hydrogens is 808 g/mol. The summed E-state index contributed by atoms with van der Waals surface area (Å²) in [7, 11) is 0. The van der Waals surface area contributed by atoms with Crippen LogP contribution in [0.25, 0.3) is 0 Å². The largest absolute Gasteiger partial charge is 0.311 e. The van der Waals surface area contributed by atoms with Crippen LogP contribution in [0.2, 0.25) is 0 Å².